The molecule has 1 aromatic heterocycles. The lowest BCUT2D eigenvalue weighted by Gasteiger charge is -2.10. The molecule has 0 aliphatic rings. The topological polar surface area (TPSA) is 112 Å². The second-order valence-corrected chi connectivity index (χ2v) is 7.36. The number of para-hydroxylation sites is 1. The second-order valence-electron chi connectivity index (χ2n) is 6.01. The van der Waals surface area contributed by atoms with Crippen LogP contribution >= 0.6 is 23.4 Å². The minimum absolute atomic E-state index is 0.0756. The molecule has 9 nitrogen and oxygen atoms in total. The van der Waals surface area contributed by atoms with Crippen LogP contribution in [0.3, 0.4) is 0 Å². The first kappa shape index (κ1) is 21.6. The standard InChI is InChI=1S/C19H18ClN5O4S/c1-2-24-17(11-29-16-9-4-3-8-15(16)20)22-23-19(24)30-12-18(26)21-13-6-5-7-14(10-13)25(27)28/h3-10H,2,11-12H2,1H3,(H,21,26). The summed E-state index contributed by atoms with van der Waals surface area (Å²) in [5.74, 6) is 0.932. The number of anilines is 1. The minimum atomic E-state index is -0.514. The van der Waals surface area contributed by atoms with Gasteiger partial charge < -0.3 is 14.6 Å². The van der Waals surface area contributed by atoms with Gasteiger partial charge in [0.15, 0.2) is 11.0 Å². The second kappa shape index (κ2) is 10.1. The van der Waals surface area contributed by atoms with Gasteiger partial charge >= 0.3 is 0 Å². The Bertz CT molecular complexity index is 1060. The molecule has 1 heterocycles. The number of nitrogens with one attached hydrogen (secondary N) is 1. The molecular weight excluding hydrogens is 430 g/mol. The van der Waals surface area contributed by atoms with Gasteiger partial charge in [0, 0.05) is 24.4 Å². The smallest absolute Gasteiger partial charge is 0.271 e. The van der Waals surface area contributed by atoms with E-state index in [9.17, 15) is 14.9 Å². The predicted molar refractivity (Wildman–Crippen MR) is 114 cm³/mol. The van der Waals surface area contributed by atoms with Crippen LogP contribution in [0.2, 0.25) is 5.02 Å². The number of nitrogens with zero attached hydrogens (tertiary/aromatic N) is 4. The van der Waals surface area contributed by atoms with Gasteiger partial charge in [-0.15, -0.1) is 10.2 Å². The first-order valence-electron chi connectivity index (χ1n) is 8.94. The van der Waals surface area contributed by atoms with E-state index in [-0.39, 0.29) is 24.0 Å². The number of rotatable bonds is 9. The molecule has 0 bridgehead atoms. The van der Waals surface area contributed by atoms with Gasteiger partial charge in [0.2, 0.25) is 5.91 Å². The maximum Gasteiger partial charge on any atom is 0.271 e. The zero-order valence-corrected chi connectivity index (χ0v) is 17.5. The fourth-order valence-corrected chi connectivity index (χ4v) is 3.59. The van der Waals surface area contributed by atoms with E-state index in [2.05, 4.69) is 15.5 Å². The van der Waals surface area contributed by atoms with E-state index >= 15 is 0 Å². The Morgan fingerprint density at radius 1 is 1.27 bits per heavy atom. The molecular formula is C19H18ClN5O4S. The van der Waals surface area contributed by atoms with Crippen LogP contribution < -0.4 is 10.1 Å². The Balaban J connectivity index is 1.59. The van der Waals surface area contributed by atoms with E-state index in [0.717, 1.165) is 0 Å². The number of non-ortho nitro benzene ring substituents is 1. The van der Waals surface area contributed by atoms with Crippen LogP contribution in [0.4, 0.5) is 11.4 Å². The summed E-state index contributed by atoms with van der Waals surface area (Å²) < 4.78 is 7.56. The third kappa shape index (κ3) is 5.49. The van der Waals surface area contributed by atoms with Crippen molar-refractivity contribution in [1.82, 2.24) is 14.8 Å². The van der Waals surface area contributed by atoms with Gasteiger partial charge in [0.05, 0.1) is 15.7 Å². The molecule has 0 atom stereocenters. The molecule has 0 saturated carbocycles. The minimum Gasteiger partial charge on any atom is -0.484 e. The Morgan fingerprint density at radius 2 is 2.07 bits per heavy atom. The quantitative estimate of drug-likeness (QED) is 0.297. The highest BCUT2D eigenvalue weighted by Crippen LogP contribution is 2.25. The monoisotopic (exact) mass is 447 g/mol. The van der Waals surface area contributed by atoms with Crippen molar-refractivity contribution in [3.63, 3.8) is 0 Å². The number of benzene rings is 2. The van der Waals surface area contributed by atoms with E-state index in [1.807, 2.05) is 23.6 Å². The number of ether oxygens (including phenoxy) is 1. The predicted octanol–water partition coefficient (Wildman–Crippen LogP) is 4.17. The molecule has 2 aromatic carbocycles. The Labute approximate surface area is 181 Å². The molecule has 0 spiro atoms. The van der Waals surface area contributed by atoms with Crippen molar-refractivity contribution in [2.75, 3.05) is 11.1 Å². The van der Waals surface area contributed by atoms with Crippen LogP contribution in [0, 0.1) is 10.1 Å². The van der Waals surface area contributed by atoms with Crippen molar-refractivity contribution in [1.29, 1.82) is 0 Å². The van der Waals surface area contributed by atoms with Gasteiger partial charge in [-0.3, -0.25) is 14.9 Å². The summed E-state index contributed by atoms with van der Waals surface area (Å²) in [5.41, 5.74) is 0.273. The number of carbonyl (C=O) groups excluding carboxylic acids is 1. The van der Waals surface area contributed by atoms with E-state index in [1.54, 1.807) is 18.2 Å². The normalized spacial score (nSPS) is 10.6. The fraction of sp³-hybridized carbons (Fsp3) is 0.211. The Morgan fingerprint density at radius 3 is 2.80 bits per heavy atom. The first-order chi connectivity index (χ1) is 14.5. The summed E-state index contributed by atoms with van der Waals surface area (Å²) >= 11 is 7.31. The van der Waals surface area contributed by atoms with Crippen molar-refractivity contribution >= 4 is 40.6 Å². The zero-order chi connectivity index (χ0) is 21.5. The number of aromatic nitrogens is 3. The molecule has 0 radical (unpaired) electrons. The number of halogens is 1. The zero-order valence-electron chi connectivity index (χ0n) is 15.9. The summed E-state index contributed by atoms with van der Waals surface area (Å²) in [4.78, 5) is 22.5. The number of nitro benzene ring substituents is 1. The maximum absolute atomic E-state index is 12.2. The Hall–Kier alpha value is -3.11. The molecule has 3 aromatic rings. The number of nitro groups is 1. The van der Waals surface area contributed by atoms with E-state index in [4.69, 9.17) is 16.3 Å². The van der Waals surface area contributed by atoms with Crippen LogP contribution in [0.25, 0.3) is 0 Å². The van der Waals surface area contributed by atoms with E-state index in [1.165, 1.54) is 30.0 Å². The largest absolute Gasteiger partial charge is 0.484 e. The van der Waals surface area contributed by atoms with E-state index in [0.29, 0.717) is 34.0 Å². The number of thioether (sulfide) groups is 1. The molecule has 30 heavy (non-hydrogen) atoms. The Kier molecular flexibility index (Phi) is 7.26. The SMILES string of the molecule is CCn1c(COc2ccccc2Cl)nnc1SCC(=O)Nc1cccc([N+](=O)[O-])c1. The fourth-order valence-electron chi connectivity index (χ4n) is 2.58. The number of hydrogen-bond acceptors (Lipinski definition) is 7. The van der Waals surface area contributed by atoms with Gasteiger partial charge in [-0.2, -0.15) is 0 Å². The molecule has 0 aliphatic heterocycles. The van der Waals surface area contributed by atoms with Crippen molar-refractivity contribution < 1.29 is 14.5 Å². The highest BCUT2D eigenvalue weighted by atomic mass is 35.5. The molecule has 0 saturated heterocycles. The average Bonchev–Trinajstić information content (AvgIpc) is 3.13. The summed E-state index contributed by atoms with van der Waals surface area (Å²) in [6.07, 6.45) is 0. The van der Waals surface area contributed by atoms with Gasteiger partial charge in [0.1, 0.15) is 12.4 Å². The van der Waals surface area contributed by atoms with Crippen molar-refractivity contribution in [2.45, 2.75) is 25.2 Å². The average molecular weight is 448 g/mol. The van der Waals surface area contributed by atoms with Gasteiger partial charge in [-0.25, -0.2) is 0 Å². The molecule has 3 rings (SSSR count). The number of hydrogen-bond donors (Lipinski definition) is 1. The van der Waals surface area contributed by atoms with Crippen molar-refractivity contribution in [2.24, 2.45) is 0 Å². The molecule has 1 amide bonds. The summed E-state index contributed by atoms with van der Waals surface area (Å²) in [6.45, 7) is 2.73. The molecule has 1 N–H and O–H groups in total. The number of carbonyl (C=O) groups is 1. The number of amides is 1. The molecule has 11 heteroatoms. The van der Waals surface area contributed by atoms with E-state index < -0.39 is 4.92 Å². The molecule has 0 aliphatic carbocycles. The molecule has 156 valence electrons. The van der Waals surface area contributed by atoms with Gasteiger partial charge in [0.25, 0.3) is 5.69 Å². The van der Waals surface area contributed by atoms with Gasteiger partial charge in [-0.1, -0.05) is 41.6 Å². The first-order valence-corrected chi connectivity index (χ1v) is 10.3. The highest BCUT2D eigenvalue weighted by Gasteiger charge is 2.15. The molecule has 0 unspecified atom stereocenters. The van der Waals surface area contributed by atoms with Crippen LogP contribution in [0.15, 0.2) is 53.7 Å². The highest BCUT2D eigenvalue weighted by molar-refractivity contribution is 7.99. The maximum atomic E-state index is 12.2. The van der Waals surface area contributed by atoms with Crippen LogP contribution in [-0.4, -0.2) is 31.3 Å². The van der Waals surface area contributed by atoms with Crippen LogP contribution in [0.5, 0.6) is 5.75 Å². The van der Waals surface area contributed by atoms with Crippen molar-refractivity contribution in [3.8, 4) is 5.75 Å². The molecule has 0 fully saturated rings. The van der Waals surface area contributed by atoms with Crippen molar-refractivity contribution in [3.05, 3.63) is 69.5 Å². The summed E-state index contributed by atoms with van der Waals surface area (Å²) in [6, 6.07) is 12.9. The third-order valence-corrected chi connectivity index (χ3v) is 5.26. The summed E-state index contributed by atoms with van der Waals surface area (Å²) in [7, 11) is 0. The van der Waals surface area contributed by atoms with Crippen LogP contribution in [0.1, 0.15) is 12.7 Å². The third-order valence-electron chi connectivity index (χ3n) is 3.98. The lowest BCUT2D eigenvalue weighted by atomic mass is 10.3. The lowest BCUT2D eigenvalue weighted by Crippen LogP contribution is -2.15. The van der Waals surface area contributed by atoms with Crippen LogP contribution in [-0.2, 0) is 17.9 Å². The summed E-state index contributed by atoms with van der Waals surface area (Å²) in [5, 5.41) is 22.8. The lowest BCUT2D eigenvalue weighted by molar-refractivity contribution is -0.384. The van der Waals surface area contributed by atoms with Gasteiger partial charge in [-0.05, 0) is 25.1 Å².